The summed E-state index contributed by atoms with van der Waals surface area (Å²) >= 11 is 1.57. The van der Waals surface area contributed by atoms with Crippen molar-refractivity contribution in [1.82, 2.24) is 10.3 Å². The van der Waals surface area contributed by atoms with Crippen molar-refractivity contribution in [1.29, 1.82) is 5.26 Å². The molecule has 0 bridgehead atoms. The zero-order chi connectivity index (χ0) is 17.0. The van der Waals surface area contributed by atoms with Crippen molar-refractivity contribution in [3.63, 3.8) is 0 Å². The fourth-order valence-electron chi connectivity index (χ4n) is 3.60. The summed E-state index contributed by atoms with van der Waals surface area (Å²) in [6.45, 7) is 0.472. The molecule has 2 fully saturated rings. The largest absolute Gasteiger partial charge is 0.378 e. The van der Waals surface area contributed by atoms with Gasteiger partial charge in [0, 0.05) is 12.0 Å². The third-order valence-corrected chi connectivity index (χ3v) is 6.32. The first-order chi connectivity index (χ1) is 11.7. The van der Waals surface area contributed by atoms with Crippen LogP contribution in [0, 0.1) is 11.5 Å². The highest BCUT2D eigenvalue weighted by Gasteiger charge is 2.44. The van der Waals surface area contributed by atoms with Crippen LogP contribution in [0.25, 0.3) is 0 Å². The Morgan fingerprint density at radius 3 is 2.71 bits per heavy atom. The molecule has 0 spiro atoms. The SMILES string of the molecule is COCc1nc(NC(=O)C2(NC#N)CCC2)sc1C1CCCCC1. The van der Waals surface area contributed by atoms with E-state index in [1.807, 2.05) is 6.19 Å². The summed E-state index contributed by atoms with van der Waals surface area (Å²) in [5, 5.41) is 15.1. The molecule has 2 aliphatic rings. The van der Waals surface area contributed by atoms with E-state index in [2.05, 4.69) is 15.6 Å². The minimum atomic E-state index is -0.743. The van der Waals surface area contributed by atoms with E-state index in [9.17, 15) is 4.79 Å². The number of rotatable bonds is 6. The molecule has 0 atom stereocenters. The minimum absolute atomic E-state index is 0.150. The zero-order valence-corrected chi connectivity index (χ0v) is 14.9. The van der Waals surface area contributed by atoms with Crippen molar-refractivity contribution >= 4 is 22.4 Å². The van der Waals surface area contributed by atoms with Gasteiger partial charge in [-0.3, -0.25) is 10.1 Å². The highest BCUT2D eigenvalue weighted by Crippen LogP contribution is 2.40. The summed E-state index contributed by atoms with van der Waals surface area (Å²) in [6.07, 6.45) is 10.5. The summed E-state index contributed by atoms with van der Waals surface area (Å²) in [7, 11) is 1.67. The molecule has 1 amide bonds. The number of thiazole rings is 1. The highest BCUT2D eigenvalue weighted by molar-refractivity contribution is 7.16. The lowest BCUT2D eigenvalue weighted by molar-refractivity contribution is -0.125. The molecule has 1 aromatic heterocycles. The Labute approximate surface area is 146 Å². The average molecular weight is 348 g/mol. The smallest absolute Gasteiger partial charge is 0.252 e. The number of hydrogen-bond donors (Lipinski definition) is 2. The molecule has 0 unspecified atom stereocenters. The molecule has 3 rings (SSSR count). The number of carbonyl (C=O) groups excluding carboxylic acids is 1. The third-order valence-electron chi connectivity index (χ3n) is 5.14. The number of nitrogens with zero attached hydrogens (tertiary/aromatic N) is 2. The lowest BCUT2D eigenvalue weighted by Gasteiger charge is -2.38. The second-order valence-corrected chi connectivity index (χ2v) is 7.76. The summed E-state index contributed by atoms with van der Waals surface area (Å²) in [5.41, 5.74) is 0.202. The van der Waals surface area contributed by atoms with Crippen molar-refractivity contribution in [2.75, 3.05) is 12.4 Å². The summed E-state index contributed by atoms with van der Waals surface area (Å²) in [4.78, 5) is 18.4. The van der Waals surface area contributed by atoms with Gasteiger partial charge in [0.1, 0.15) is 5.54 Å². The van der Waals surface area contributed by atoms with Gasteiger partial charge in [0.25, 0.3) is 5.91 Å². The molecule has 7 heteroatoms. The molecule has 2 N–H and O–H groups in total. The first-order valence-corrected chi connectivity index (χ1v) is 9.46. The molecule has 0 aliphatic heterocycles. The lowest BCUT2D eigenvalue weighted by atomic mass is 9.76. The van der Waals surface area contributed by atoms with Gasteiger partial charge < -0.3 is 10.1 Å². The van der Waals surface area contributed by atoms with Gasteiger partial charge >= 0.3 is 0 Å². The first kappa shape index (κ1) is 17.2. The number of carbonyl (C=O) groups is 1. The van der Waals surface area contributed by atoms with Gasteiger partial charge in [0.15, 0.2) is 11.3 Å². The maximum Gasteiger partial charge on any atom is 0.252 e. The van der Waals surface area contributed by atoms with Gasteiger partial charge in [0.2, 0.25) is 0 Å². The standard InChI is InChI=1S/C17H24N4O2S/c1-23-10-13-14(12-6-3-2-4-7-12)24-16(20-13)21-15(22)17(19-11-18)8-5-9-17/h12,19H,2-10H2,1H3,(H,20,21,22). The molecule has 1 heterocycles. The van der Waals surface area contributed by atoms with E-state index >= 15 is 0 Å². The molecule has 1 aromatic rings. The molecule has 0 radical (unpaired) electrons. The number of anilines is 1. The van der Waals surface area contributed by atoms with Crippen LogP contribution in [-0.4, -0.2) is 23.5 Å². The Hall–Kier alpha value is -1.65. The van der Waals surface area contributed by atoms with Crippen molar-refractivity contribution in [3.8, 4) is 6.19 Å². The lowest BCUT2D eigenvalue weighted by Crippen LogP contribution is -2.57. The van der Waals surface area contributed by atoms with Crippen LogP contribution in [0.2, 0.25) is 0 Å². The number of aromatic nitrogens is 1. The van der Waals surface area contributed by atoms with E-state index in [1.165, 1.54) is 37.0 Å². The Morgan fingerprint density at radius 2 is 2.12 bits per heavy atom. The minimum Gasteiger partial charge on any atom is -0.378 e. The molecule has 0 aromatic carbocycles. The molecular weight excluding hydrogens is 324 g/mol. The Bertz CT molecular complexity index is 627. The van der Waals surface area contributed by atoms with Crippen molar-refractivity contribution in [2.24, 2.45) is 0 Å². The molecular formula is C17H24N4O2S. The van der Waals surface area contributed by atoms with E-state index in [-0.39, 0.29) is 5.91 Å². The first-order valence-electron chi connectivity index (χ1n) is 8.65. The molecule has 6 nitrogen and oxygen atoms in total. The van der Waals surface area contributed by atoms with Crippen molar-refractivity contribution < 1.29 is 9.53 Å². The molecule has 130 valence electrons. The van der Waals surface area contributed by atoms with E-state index < -0.39 is 5.54 Å². The number of ether oxygens (including phenoxy) is 1. The fourth-order valence-corrected chi connectivity index (χ4v) is 4.74. The van der Waals surface area contributed by atoms with E-state index in [4.69, 9.17) is 10.00 Å². The predicted molar refractivity (Wildman–Crippen MR) is 92.6 cm³/mol. The molecule has 0 saturated heterocycles. The van der Waals surface area contributed by atoms with Crippen LogP contribution in [0.3, 0.4) is 0 Å². The summed E-state index contributed by atoms with van der Waals surface area (Å²) in [6, 6.07) is 0. The van der Waals surface area contributed by atoms with Gasteiger partial charge in [-0.25, -0.2) is 4.98 Å². The number of hydrogen-bond acceptors (Lipinski definition) is 6. The van der Waals surface area contributed by atoms with Crippen LogP contribution in [0.5, 0.6) is 0 Å². The fraction of sp³-hybridized carbons (Fsp3) is 0.706. The normalized spacial score (nSPS) is 20.0. The van der Waals surface area contributed by atoms with Gasteiger partial charge in [-0.15, -0.1) is 11.3 Å². The van der Waals surface area contributed by atoms with Crippen molar-refractivity contribution in [2.45, 2.75) is 69.4 Å². The summed E-state index contributed by atoms with van der Waals surface area (Å²) < 4.78 is 5.29. The molecule has 2 aliphatic carbocycles. The monoisotopic (exact) mass is 348 g/mol. The summed E-state index contributed by atoms with van der Waals surface area (Å²) in [5.74, 6) is 0.380. The van der Waals surface area contributed by atoms with Crippen molar-refractivity contribution in [3.05, 3.63) is 10.6 Å². The van der Waals surface area contributed by atoms with Gasteiger partial charge in [-0.1, -0.05) is 19.3 Å². The van der Waals surface area contributed by atoms with Gasteiger partial charge in [-0.2, -0.15) is 5.26 Å². The third kappa shape index (κ3) is 3.40. The van der Waals surface area contributed by atoms with Crippen LogP contribution in [-0.2, 0) is 16.1 Å². The Kier molecular flexibility index (Phi) is 5.36. The number of nitrogens with one attached hydrogen (secondary N) is 2. The van der Waals surface area contributed by atoms with Crippen LogP contribution >= 0.6 is 11.3 Å². The van der Waals surface area contributed by atoms with Crippen LogP contribution in [0.15, 0.2) is 0 Å². The maximum atomic E-state index is 12.6. The quantitative estimate of drug-likeness (QED) is 0.608. The molecule has 2 saturated carbocycles. The maximum absolute atomic E-state index is 12.6. The Morgan fingerprint density at radius 1 is 1.38 bits per heavy atom. The highest BCUT2D eigenvalue weighted by atomic mass is 32.1. The number of methoxy groups -OCH3 is 1. The van der Waals surface area contributed by atoms with Crippen LogP contribution in [0.4, 0.5) is 5.13 Å². The topological polar surface area (TPSA) is 87.0 Å². The second kappa shape index (κ2) is 7.49. The predicted octanol–water partition coefficient (Wildman–Crippen LogP) is 3.27. The average Bonchev–Trinajstić information content (AvgIpc) is 2.94. The number of nitriles is 1. The second-order valence-electron chi connectivity index (χ2n) is 6.72. The van der Waals surface area contributed by atoms with Crippen LogP contribution < -0.4 is 10.6 Å². The molecule has 24 heavy (non-hydrogen) atoms. The van der Waals surface area contributed by atoms with E-state index in [0.29, 0.717) is 30.5 Å². The van der Waals surface area contributed by atoms with Gasteiger partial charge in [-0.05, 0) is 38.0 Å². The van der Waals surface area contributed by atoms with E-state index in [0.717, 1.165) is 12.1 Å². The van der Waals surface area contributed by atoms with Gasteiger partial charge in [0.05, 0.1) is 12.3 Å². The van der Waals surface area contributed by atoms with E-state index in [1.54, 1.807) is 18.4 Å². The zero-order valence-electron chi connectivity index (χ0n) is 14.1. The number of amides is 1. The Balaban J connectivity index is 1.76. The van der Waals surface area contributed by atoms with Crippen LogP contribution in [0.1, 0.15) is 67.9 Å².